The van der Waals surface area contributed by atoms with Gasteiger partial charge in [-0.3, -0.25) is 9.78 Å². The van der Waals surface area contributed by atoms with Gasteiger partial charge in [-0.05, 0) is 37.1 Å². The van der Waals surface area contributed by atoms with Crippen molar-refractivity contribution in [3.05, 3.63) is 65.5 Å². The molecule has 4 nitrogen and oxygen atoms in total. The van der Waals surface area contributed by atoms with E-state index in [2.05, 4.69) is 10.3 Å². The molecule has 0 saturated carbocycles. The van der Waals surface area contributed by atoms with E-state index in [0.717, 1.165) is 27.6 Å². The molecule has 0 radical (unpaired) electrons. The average molecular weight is 291 g/mol. The van der Waals surface area contributed by atoms with E-state index in [1.165, 1.54) is 0 Å². The third-order valence-electron chi connectivity index (χ3n) is 3.81. The van der Waals surface area contributed by atoms with E-state index >= 15 is 0 Å². The Morgan fingerprint density at radius 2 is 1.77 bits per heavy atom. The van der Waals surface area contributed by atoms with Crippen LogP contribution in [-0.4, -0.2) is 10.9 Å². The standard InChI is InChI=1S/C18H17N3O/c1-11-5-3-4-6-15(11)21-18(22)17-14-8-7-12(2)16(19)13(14)9-10-20-17/h3-10H,19H2,1-2H3,(H,21,22). The quantitative estimate of drug-likeness (QED) is 0.708. The molecule has 0 atom stereocenters. The zero-order chi connectivity index (χ0) is 15.7. The molecule has 3 aromatic rings. The van der Waals surface area contributed by atoms with Gasteiger partial charge in [0, 0.05) is 28.3 Å². The number of fused-ring (bicyclic) bond motifs is 1. The highest BCUT2D eigenvalue weighted by Gasteiger charge is 2.14. The summed E-state index contributed by atoms with van der Waals surface area (Å²) in [5.41, 5.74) is 9.95. The van der Waals surface area contributed by atoms with Crippen molar-refractivity contribution in [1.82, 2.24) is 4.98 Å². The number of hydrogen-bond acceptors (Lipinski definition) is 3. The largest absolute Gasteiger partial charge is 0.398 e. The van der Waals surface area contributed by atoms with Gasteiger partial charge in [-0.25, -0.2) is 0 Å². The lowest BCUT2D eigenvalue weighted by molar-refractivity contribution is 0.102. The van der Waals surface area contributed by atoms with Crippen LogP contribution in [0.15, 0.2) is 48.7 Å². The predicted molar refractivity (Wildman–Crippen MR) is 90.0 cm³/mol. The molecule has 4 heteroatoms. The van der Waals surface area contributed by atoms with Gasteiger partial charge in [-0.15, -0.1) is 0 Å². The molecule has 0 aliphatic carbocycles. The number of pyridine rings is 1. The van der Waals surface area contributed by atoms with Gasteiger partial charge in [-0.2, -0.15) is 0 Å². The molecule has 0 aliphatic rings. The highest BCUT2D eigenvalue weighted by Crippen LogP contribution is 2.26. The number of nitrogens with one attached hydrogen (secondary N) is 1. The van der Waals surface area contributed by atoms with Crippen molar-refractivity contribution in [2.45, 2.75) is 13.8 Å². The summed E-state index contributed by atoms with van der Waals surface area (Å²) >= 11 is 0. The number of amides is 1. The lowest BCUT2D eigenvalue weighted by atomic mass is 10.0. The van der Waals surface area contributed by atoms with E-state index in [4.69, 9.17) is 5.73 Å². The summed E-state index contributed by atoms with van der Waals surface area (Å²) in [6, 6.07) is 13.3. The van der Waals surface area contributed by atoms with Crippen LogP contribution in [0.3, 0.4) is 0 Å². The van der Waals surface area contributed by atoms with Crippen molar-refractivity contribution in [2.75, 3.05) is 11.1 Å². The second kappa shape index (κ2) is 5.48. The minimum Gasteiger partial charge on any atom is -0.398 e. The summed E-state index contributed by atoms with van der Waals surface area (Å²) in [5, 5.41) is 4.52. The van der Waals surface area contributed by atoms with Gasteiger partial charge in [0.15, 0.2) is 0 Å². The lowest BCUT2D eigenvalue weighted by Gasteiger charge is -2.11. The fraction of sp³-hybridized carbons (Fsp3) is 0.111. The second-order valence-electron chi connectivity index (χ2n) is 5.32. The smallest absolute Gasteiger partial charge is 0.274 e. The van der Waals surface area contributed by atoms with Crippen LogP contribution in [0.1, 0.15) is 21.6 Å². The maximum Gasteiger partial charge on any atom is 0.274 e. The molecule has 1 heterocycles. The predicted octanol–water partition coefficient (Wildman–Crippen LogP) is 3.69. The number of nitrogens with two attached hydrogens (primary N) is 1. The summed E-state index contributed by atoms with van der Waals surface area (Å²) in [6.07, 6.45) is 1.62. The molecular formula is C18H17N3O. The van der Waals surface area contributed by atoms with Crippen LogP contribution in [-0.2, 0) is 0 Å². The van der Waals surface area contributed by atoms with Crippen molar-refractivity contribution in [2.24, 2.45) is 0 Å². The van der Waals surface area contributed by atoms with E-state index in [1.54, 1.807) is 6.20 Å². The monoisotopic (exact) mass is 291 g/mol. The number of benzene rings is 2. The molecule has 0 unspecified atom stereocenters. The third-order valence-corrected chi connectivity index (χ3v) is 3.81. The van der Waals surface area contributed by atoms with E-state index in [9.17, 15) is 4.79 Å². The first-order valence-corrected chi connectivity index (χ1v) is 7.08. The third kappa shape index (κ3) is 2.39. The van der Waals surface area contributed by atoms with Gasteiger partial charge in [0.2, 0.25) is 0 Å². The first kappa shape index (κ1) is 14.1. The van der Waals surface area contributed by atoms with E-state index in [0.29, 0.717) is 11.4 Å². The topological polar surface area (TPSA) is 68.0 Å². The van der Waals surface area contributed by atoms with Crippen molar-refractivity contribution in [3.63, 3.8) is 0 Å². The molecule has 1 amide bonds. The Hall–Kier alpha value is -2.88. The van der Waals surface area contributed by atoms with Crippen molar-refractivity contribution in [3.8, 4) is 0 Å². The highest BCUT2D eigenvalue weighted by atomic mass is 16.1. The molecule has 22 heavy (non-hydrogen) atoms. The van der Waals surface area contributed by atoms with Crippen LogP contribution >= 0.6 is 0 Å². The van der Waals surface area contributed by atoms with E-state index in [1.807, 2.05) is 56.3 Å². The van der Waals surface area contributed by atoms with Crippen LogP contribution in [0.25, 0.3) is 10.8 Å². The lowest BCUT2D eigenvalue weighted by Crippen LogP contribution is -2.15. The van der Waals surface area contributed by atoms with Gasteiger partial charge in [-0.1, -0.05) is 30.3 Å². The number of para-hydroxylation sites is 1. The SMILES string of the molecule is Cc1ccccc1NC(=O)c1nccc2c(N)c(C)ccc12. The second-order valence-corrected chi connectivity index (χ2v) is 5.32. The number of aryl methyl sites for hydroxylation is 2. The van der Waals surface area contributed by atoms with Crippen molar-refractivity contribution >= 4 is 28.1 Å². The summed E-state index contributed by atoms with van der Waals surface area (Å²) in [6.45, 7) is 3.90. The summed E-state index contributed by atoms with van der Waals surface area (Å²) in [5.74, 6) is -0.233. The number of hydrogen-bond donors (Lipinski definition) is 2. The van der Waals surface area contributed by atoms with Gasteiger partial charge in [0.25, 0.3) is 5.91 Å². The molecule has 0 fully saturated rings. The highest BCUT2D eigenvalue weighted by molar-refractivity contribution is 6.13. The normalized spacial score (nSPS) is 10.6. The summed E-state index contributed by atoms with van der Waals surface area (Å²) < 4.78 is 0. The molecule has 3 rings (SSSR count). The van der Waals surface area contributed by atoms with E-state index < -0.39 is 0 Å². The average Bonchev–Trinajstić information content (AvgIpc) is 2.52. The number of anilines is 2. The van der Waals surface area contributed by atoms with Crippen molar-refractivity contribution in [1.29, 1.82) is 0 Å². The molecule has 110 valence electrons. The zero-order valence-electron chi connectivity index (χ0n) is 12.6. The molecule has 0 spiro atoms. The Morgan fingerprint density at radius 3 is 2.55 bits per heavy atom. The molecule has 1 aromatic heterocycles. The summed E-state index contributed by atoms with van der Waals surface area (Å²) in [7, 11) is 0. The maximum absolute atomic E-state index is 12.6. The molecule has 2 aromatic carbocycles. The van der Waals surface area contributed by atoms with Crippen LogP contribution in [0, 0.1) is 13.8 Å². The first-order valence-electron chi connectivity index (χ1n) is 7.08. The zero-order valence-corrected chi connectivity index (χ0v) is 12.6. The number of rotatable bonds is 2. The fourth-order valence-corrected chi connectivity index (χ4v) is 2.46. The minimum atomic E-state index is -0.233. The Kier molecular flexibility index (Phi) is 3.51. The molecular weight excluding hydrogens is 274 g/mol. The maximum atomic E-state index is 12.6. The van der Waals surface area contributed by atoms with Crippen LogP contribution in [0.2, 0.25) is 0 Å². The van der Waals surface area contributed by atoms with Gasteiger partial charge in [0.05, 0.1) is 0 Å². The molecule has 3 N–H and O–H groups in total. The minimum absolute atomic E-state index is 0.233. The van der Waals surface area contributed by atoms with Gasteiger partial charge >= 0.3 is 0 Å². The van der Waals surface area contributed by atoms with Crippen molar-refractivity contribution < 1.29 is 4.79 Å². The van der Waals surface area contributed by atoms with Crippen LogP contribution in [0.5, 0.6) is 0 Å². The Bertz CT molecular complexity index is 871. The van der Waals surface area contributed by atoms with Gasteiger partial charge in [0.1, 0.15) is 5.69 Å². The summed E-state index contributed by atoms with van der Waals surface area (Å²) in [4.78, 5) is 16.8. The van der Waals surface area contributed by atoms with Gasteiger partial charge < -0.3 is 11.1 Å². The van der Waals surface area contributed by atoms with Crippen LogP contribution < -0.4 is 11.1 Å². The Balaban J connectivity index is 2.05. The van der Waals surface area contributed by atoms with E-state index in [-0.39, 0.29) is 5.91 Å². The molecule has 0 aliphatic heterocycles. The van der Waals surface area contributed by atoms with Crippen LogP contribution in [0.4, 0.5) is 11.4 Å². The molecule has 0 saturated heterocycles. The number of aromatic nitrogens is 1. The number of nitrogens with zero attached hydrogens (tertiary/aromatic N) is 1. The Labute approximate surface area is 129 Å². The fourth-order valence-electron chi connectivity index (χ4n) is 2.46. The molecule has 0 bridgehead atoms. The number of carbonyl (C=O) groups excluding carboxylic acids is 1. The number of carbonyl (C=O) groups is 1. The first-order chi connectivity index (χ1) is 10.6. The Morgan fingerprint density at radius 1 is 1.00 bits per heavy atom. The number of nitrogen functional groups attached to an aromatic ring is 1.